The lowest BCUT2D eigenvalue weighted by molar-refractivity contribution is 0.0746. The summed E-state index contributed by atoms with van der Waals surface area (Å²) in [6.07, 6.45) is 0.138. The van der Waals surface area contributed by atoms with Gasteiger partial charge in [0, 0.05) is 12.1 Å². The highest BCUT2D eigenvalue weighted by Crippen LogP contribution is 2.27. The van der Waals surface area contributed by atoms with Crippen LogP contribution in [0.2, 0.25) is 0 Å². The van der Waals surface area contributed by atoms with Crippen LogP contribution in [0.1, 0.15) is 29.9 Å². The van der Waals surface area contributed by atoms with Crippen molar-refractivity contribution in [3.05, 3.63) is 35.5 Å². The smallest absolute Gasteiger partial charge is 0.257 e. The third-order valence-corrected chi connectivity index (χ3v) is 3.28. The van der Waals surface area contributed by atoms with Crippen molar-refractivity contribution in [3.63, 3.8) is 0 Å². The molecule has 0 saturated carbocycles. The van der Waals surface area contributed by atoms with E-state index in [2.05, 4.69) is 10.5 Å². The Morgan fingerprint density at radius 3 is 2.61 bits per heavy atom. The Bertz CT molecular complexity index is 647. The number of methoxy groups -OCH3 is 1. The summed E-state index contributed by atoms with van der Waals surface area (Å²) in [5.41, 5.74) is 1.77. The van der Waals surface area contributed by atoms with E-state index in [1.165, 1.54) is 0 Å². The first-order valence-electron chi connectivity index (χ1n) is 7.53. The molecule has 0 aliphatic rings. The lowest BCUT2D eigenvalue weighted by Gasteiger charge is -2.09. The van der Waals surface area contributed by atoms with Crippen molar-refractivity contribution in [1.82, 2.24) is 10.5 Å². The monoisotopic (exact) mass is 318 g/mol. The summed E-state index contributed by atoms with van der Waals surface area (Å²) in [4.78, 5) is 12.4. The van der Waals surface area contributed by atoms with Crippen LogP contribution in [0.4, 0.5) is 0 Å². The van der Waals surface area contributed by atoms with E-state index in [-0.39, 0.29) is 12.0 Å². The Balaban J connectivity index is 2.12. The Morgan fingerprint density at radius 2 is 2.00 bits per heavy atom. The molecule has 0 aliphatic carbocycles. The van der Waals surface area contributed by atoms with Gasteiger partial charge in [0.1, 0.15) is 11.3 Å². The molecule has 0 radical (unpaired) electrons. The lowest BCUT2D eigenvalue weighted by atomic mass is 10.1. The highest BCUT2D eigenvalue weighted by Gasteiger charge is 2.21. The van der Waals surface area contributed by atoms with Crippen LogP contribution in [0.15, 0.2) is 28.8 Å². The van der Waals surface area contributed by atoms with E-state index in [1.54, 1.807) is 14.0 Å². The molecule has 0 unspecified atom stereocenters. The Labute approximate surface area is 135 Å². The van der Waals surface area contributed by atoms with Crippen LogP contribution in [-0.2, 0) is 4.74 Å². The van der Waals surface area contributed by atoms with Crippen LogP contribution < -0.4 is 10.1 Å². The Hall–Kier alpha value is -2.34. The minimum absolute atomic E-state index is 0.138. The summed E-state index contributed by atoms with van der Waals surface area (Å²) in [5.74, 6) is 0.969. The van der Waals surface area contributed by atoms with E-state index < -0.39 is 0 Å². The molecule has 1 aromatic carbocycles. The Morgan fingerprint density at radius 1 is 1.30 bits per heavy atom. The van der Waals surface area contributed by atoms with Gasteiger partial charge in [-0.1, -0.05) is 5.16 Å². The van der Waals surface area contributed by atoms with Crippen LogP contribution >= 0.6 is 0 Å². The number of ether oxygens (including phenoxy) is 2. The number of benzene rings is 1. The molecule has 23 heavy (non-hydrogen) atoms. The van der Waals surface area contributed by atoms with Crippen molar-refractivity contribution in [2.75, 3.05) is 20.3 Å². The number of nitrogens with zero attached hydrogens (tertiary/aromatic N) is 1. The minimum Gasteiger partial charge on any atom is -0.497 e. The average Bonchev–Trinajstić information content (AvgIpc) is 2.93. The molecule has 0 spiro atoms. The zero-order chi connectivity index (χ0) is 16.8. The molecular weight excluding hydrogens is 296 g/mol. The number of carbonyl (C=O) groups is 1. The number of rotatable bonds is 7. The largest absolute Gasteiger partial charge is 0.497 e. The summed E-state index contributed by atoms with van der Waals surface area (Å²) in [6.45, 7) is 6.55. The van der Waals surface area contributed by atoms with Gasteiger partial charge in [0.05, 0.1) is 25.5 Å². The second kappa shape index (κ2) is 7.78. The molecule has 124 valence electrons. The SMILES string of the molecule is COc1ccc(-c2onc(C)c2C(=O)NCCOC(C)C)cc1. The number of hydrogen-bond acceptors (Lipinski definition) is 5. The first-order valence-corrected chi connectivity index (χ1v) is 7.53. The predicted molar refractivity (Wildman–Crippen MR) is 86.6 cm³/mol. The first-order chi connectivity index (χ1) is 11.0. The van der Waals surface area contributed by atoms with E-state index in [9.17, 15) is 4.79 Å². The van der Waals surface area contributed by atoms with Gasteiger partial charge in [0.25, 0.3) is 5.91 Å². The molecule has 0 saturated heterocycles. The molecule has 6 nitrogen and oxygen atoms in total. The molecule has 2 aromatic rings. The van der Waals surface area contributed by atoms with E-state index >= 15 is 0 Å². The molecule has 1 N–H and O–H groups in total. The summed E-state index contributed by atoms with van der Waals surface area (Å²) in [7, 11) is 1.60. The molecule has 0 fully saturated rings. The van der Waals surface area contributed by atoms with Crippen LogP contribution in [0, 0.1) is 6.92 Å². The number of hydrogen-bond donors (Lipinski definition) is 1. The fourth-order valence-corrected chi connectivity index (χ4v) is 2.12. The van der Waals surface area contributed by atoms with Crippen molar-refractivity contribution in [2.24, 2.45) is 0 Å². The summed E-state index contributed by atoms with van der Waals surface area (Å²) in [6, 6.07) is 7.28. The van der Waals surface area contributed by atoms with Gasteiger partial charge in [-0.3, -0.25) is 4.79 Å². The van der Waals surface area contributed by atoms with E-state index in [4.69, 9.17) is 14.0 Å². The fourth-order valence-electron chi connectivity index (χ4n) is 2.12. The highest BCUT2D eigenvalue weighted by atomic mass is 16.5. The maximum Gasteiger partial charge on any atom is 0.257 e. The highest BCUT2D eigenvalue weighted by molar-refractivity contribution is 6.00. The van der Waals surface area contributed by atoms with Gasteiger partial charge < -0.3 is 19.3 Å². The van der Waals surface area contributed by atoms with Gasteiger partial charge in [-0.05, 0) is 45.0 Å². The van der Waals surface area contributed by atoms with Gasteiger partial charge in [-0.2, -0.15) is 0 Å². The number of aromatic nitrogens is 1. The fraction of sp³-hybridized carbons (Fsp3) is 0.412. The second-order valence-electron chi connectivity index (χ2n) is 5.38. The van der Waals surface area contributed by atoms with Gasteiger partial charge in [-0.25, -0.2) is 0 Å². The van der Waals surface area contributed by atoms with E-state index in [1.807, 2.05) is 38.1 Å². The number of carbonyl (C=O) groups excluding carboxylic acids is 1. The van der Waals surface area contributed by atoms with Crippen molar-refractivity contribution < 1.29 is 18.8 Å². The zero-order valence-corrected chi connectivity index (χ0v) is 13.9. The molecular formula is C17H22N2O4. The zero-order valence-electron chi connectivity index (χ0n) is 13.9. The van der Waals surface area contributed by atoms with E-state index in [0.29, 0.717) is 30.2 Å². The van der Waals surface area contributed by atoms with Crippen LogP contribution in [-0.4, -0.2) is 37.4 Å². The summed E-state index contributed by atoms with van der Waals surface area (Å²) >= 11 is 0. The maximum absolute atomic E-state index is 12.4. The quantitative estimate of drug-likeness (QED) is 0.795. The third-order valence-electron chi connectivity index (χ3n) is 3.28. The van der Waals surface area contributed by atoms with Crippen molar-refractivity contribution in [3.8, 4) is 17.1 Å². The molecule has 0 bridgehead atoms. The van der Waals surface area contributed by atoms with Crippen molar-refractivity contribution in [1.29, 1.82) is 0 Å². The second-order valence-corrected chi connectivity index (χ2v) is 5.38. The lowest BCUT2D eigenvalue weighted by Crippen LogP contribution is -2.28. The molecule has 0 aliphatic heterocycles. The van der Waals surface area contributed by atoms with Gasteiger partial charge >= 0.3 is 0 Å². The topological polar surface area (TPSA) is 73.6 Å². The van der Waals surface area contributed by atoms with Crippen LogP contribution in [0.5, 0.6) is 5.75 Å². The van der Waals surface area contributed by atoms with Gasteiger partial charge in [-0.15, -0.1) is 0 Å². The van der Waals surface area contributed by atoms with Crippen molar-refractivity contribution >= 4 is 5.91 Å². The number of amides is 1. The average molecular weight is 318 g/mol. The predicted octanol–water partition coefficient (Wildman–Crippen LogP) is 2.81. The van der Waals surface area contributed by atoms with Crippen LogP contribution in [0.25, 0.3) is 11.3 Å². The molecule has 2 rings (SSSR count). The summed E-state index contributed by atoms with van der Waals surface area (Å²) < 4.78 is 15.9. The Kier molecular flexibility index (Phi) is 5.76. The molecule has 0 atom stereocenters. The molecule has 1 heterocycles. The van der Waals surface area contributed by atoms with Crippen LogP contribution in [0.3, 0.4) is 0 Å². The molecule has 1 amide bonds. The minimum atomic E-state index is -0.220. The maximum atomic E-state index is 12.4. The van der Waals surface area contributed by atoms with E-state index in [0.717, 1.165) is 11.3 Å². The van der Waals surface area contributed by atoms with Crippen molar-refractivity contribution in [2.45, 2.75) is 26.9 Å². The van der Waals surface area contributed by atoms with Gasteiger partial charge in [0.15, 0.2) is 5.76 Å². The number of aryl methyl sites for hydroxylation is 1. The summed E-state index contributed by atoms with van der Waals surface area (Å²) in [5, 5.41) is 6.74. The van der Waals surface area contributed by atoms with Gasteiger partial charge in [0.2, 0.25) is 0 Å². The molecule has 1 aromatic heterocycles. The molecule has 6 heteroatoms. The normalized spacial score (nSPS) is 10.8. The first kappa shape index (κ1) is 17.0. The third kappa shape index (κ3) is 4.32. The standard InChI is InChI=1S/C17H22N2O4/c1-11(2)22-10-9-18-17(20)15-12(3)19-23-16(15)13-5-7-14(21-4)8-6-13/h5-8,11H,9-10H2,1-4H3,(H,18,20). The number of nitrogens with one attached hydrogen (secondary N) is 1.